The third kappa shape index (κ3) is 2.06. The van der Waals surface area contributed by atoms with Gasteiger partial charge in [-0.3, -0.25) is 0 Å². The number of halogens is 1. The molecular formula is C13H13ClN4O2. The van der Waals surface area contributed by atoms with Gasteiger partial charge in [-0.25, -0.2) is 23.9 Å². The Morgan fingerprint density at radius 2 is 2.00 bits per heavy atom. The standard InChI is InChI=1S/C13H13ClN4O2/c1-5-6-17-13(20)18(12(19)16(17)4)11-8(2)7-10(14)9(3)15-11/h1,7H,6H2,2-4H3. The maximum Gasteiger partial charge on any atom is 0.353 e. The number of aromatic nitrogens is 4. The molecule has 20 heavy (non-hydrogen) atoms. The molecule has 0 aliphatic rings. The molecule has 0 amide bonds. The van der Waals surface area contributed by atoms with E-state index in [4.69, 9.17) is 18.0 Å². The quantitative estimate of drug-likeness (QED) is 0.763. The van der Waals surface area contributed by atoms with Gasteiger partial charge in [-0.05, 0) is 25.5 Å². The summed E-state index contributed by atoms with van der Waals surface area (Å²) in [5.74, 6) is 2.61. The van der Waals surface area contributed by atoms with Crippen molar-refractivity contribution in [3.8, 4) is 18.2 Å². The Labute approximate surface area is 120 Å². The first-order valence-corrected chi connectivity index (χ1v) is 6.22. The molecule has 6 nitrogen and oxygen atoms in total. The average Bonchev–Trinajstić information content (AvgIpc) is 2.59. The van der Waals surface area contributed by atoms with Crippen molar-refractivity contribution in [1.29, 1.82) is 0 Å². The van der Waals surface area contributed by atoms with E-state index in [2.05, 4.69) is 10.9 Å². The Kier molecular flexibility index (Phi) is 3.55. The first kappa shape index (κ1) is 14.2. The average molecular weight is 293 g/mol. The summed E-state index contributed by atoms with van der Waals surface area (Å²) >= 11 is 5.97. The minimum absolute atomic E-state index is 0.0171. The number of pyridine rings is 1. The van der Waals surface area contributed by atoms with Crippen LogP contribution in [0.2, 0.25) is 5.02 Å². The van der Waals surface area contributed by atoms with Crippen molar-refractivity contribution in [2.24, 2.45) is 7.05 Å². The number of rotatable bonds is 2. The number of hydrogen-bond donors (Lipinski definition) is 0. The van der Waals surface area contributed by atoms with Gasteiger partial charge in [-0.1, -0.05) is 17.5 Å². The van der Waals surface area contributed by atoms with E-state index in [-0.39, 0.29) is 12.4 Å². The smallest absolute Gasteiger partial charge is 0.245 e. The molecule has 0 saturated heterocycles. The maximum atomic E-state index is 12.3. The van der Waals surface area contributed by atoms with E-state index >= 15 is 0 Å². The number of hydrogen-bond acceptors (Lipinski definition) is 3. The molecule has 0 unspecified atom stereocenters. The first-order valence-electron chi connectivity index (χ1n) is 5.85. The SMILES string of the molecule is C#CCn1c(=O)n(-c2nc(C)c(Cl)cc2C)c(=O)n1C. The van der Waals surface area contributed by atoms with E-state index in [9.17, 15) is 9.59 Å². The zero-order chi connectivity index (χ0) is 15.0. The van der Waals surface area contributed by atoms with Crippen LogP contribution in [0, 0.1) is 26.2 Å². The lowest BCUT2D eigenvalue weighted by Crippen LogP contribution is -2.29. The minimum atomic E-state index is -0.521. The van der Waals surface area contributed by atoms with Crippen LogP contribution in [0.3, 0.4) is 0 Å². The van der Waals surface area contributed by atoms with Crippen molar-refractivity contribution in [2.45, 2.75) is 20.4 Å². The highest BCUT2D eigenvalue weighted by atomic mass is 35.5. The van der Waals surface area contributed by atoms with Gasteiger partial charge in [0, 0.05) is 7.05 Å². The van der Waals surface area contributed by atoms with E-state index < -0.39 is 11.4 Å². The highest BCUT2D eigenvalue weighted by Gasteiger charge is 2.17. The lowest BCUT2D eigenvalue weighted by atomic mass is 10.2. The van der Waals surface area contributed by atoms with Gasteiger partial charge >= 0.3 is 11.4 Å². The van der Waals surface area contributed by atoms with Gasteiger partial charge in [0.2, 0.25) is 0 Å². The van der Waals surface area contributed by atoms with Crippen LogP contribution < -0.4 is 11.4 Å². The van der Waals surface area contributed by atoms with E-state index in [1.54, 1.807) is 19.9 Å². The number of aryl methyl sites for hydroxylation is 2. The zero-order valence-electron chi connectivity index (χ0n) is 11.3. The van der Waals surface area contributed by atoms with Crippen molar-refractivity contribution in [1.82, 2.24) is 18.9 Å². The molecule has 0 aliphatic heterocycles. The van der Waals surface area contributed by atoms with Crippen molar-refractivity contribution in [3.05, 3.63) is 43.3 Å². The van der Waals surface area contributed by atoms with E-state index in [1.165, 1.54) is 16.4 Å². The number of nitrogens with zero attached hydrogens (tertiary/aromatic N) is 4. The third-order valence-electron chi connectivity index (χ3n) is 3.01. The monoisotopic (exact) mass is 292 g/mol. The van der Waals surface area contributed by atoms with Crippen LogP contribution >= 0.6 is 11.6 Å². The molecule has 7 heteroatoms. The molecule has 0 bridgehead atoms. The molecule has 0 atom stereocenters. The fourth-order valence-electron chi connectivity index (χ4n) is 1.90. The molecule has 0 N–H and O–H groups in total. The van der Waals surface area contributed by atoms with Gasteiger partial charge in [-0.15, -0.1) is 6.42 Å². The normalized spacial score (nSPS) is 10.6. The molecule has 2 rings (SSSR count). The second kappa shape index (κ2) is 5.02. The molecule has 0 aromatic carbocycles. The summed E-state index contributed by atoms with van der Waals surface area (Å²) in [6, 6.07) is 1.67. The summed E-state index contributed by atoms with van der Waals surface area (Å²) in [5, 5.41) is 0.485. The van der Waals surface area contributed by atoms with Crippen LogP contribution in [0.25, 0.3) is 5.82 Å². The first-order chi connectivity index (χ1) is 9.38. The highest BCUT2D eigenvalue weighted by molar-refractivity contribution is 6.31. The Morgan fingerprint density at radius 1 is 1.35 bits per heavy atom. The Bertz CT molecular complexity index is 836. The van der Waals surface area contributed by atoms with Crippen molar-refractivity contribution in [3.63, 3.8) is 0 Å². The van der Waals surface area contributed by atoms with E-state index in [1.807, 2.05) is 0 Å². The third-order valence-corrected chi connectivity index (χ3v) is 3.39. The lowest BCUT2D eigenvalue weighted by molar-refractivity contribution is 0.538. The fraction of sp³-hybridized carbons (Fsp3) is 0.308. The Balaban J connectivity index is 2.82. The van der Waals surface area contributed by atoms with Crippen LogP contribution in [-0.2, 0) is 13.6 Å². The zero-order valence-corrected chi connectivity index (χ0v) is 12.1. The van der Waals surface area contributed by atoms with Crippen LogP contribution in [0.5, 0.6) is 0 Å². The molecule has 0 saturated carbocycles. The van der Waals surface area contributed by atoms with Gasteiger partial charge in [0.05, 0.1) is 10.7 Å². The largest absolute Gasteiger partial charge is 0.353 e. The van der Waals surface area contributed by atoms with Gasteiger partial charge < -0.3 is 0 Å². The predicted molar refractivity (Wildman–Crippen MR) is 76.4 cm³/mol. The molecular weight excluding hydrogens is 280 g/mol. The second-order valence-electron chi connectivity index (χ2n) is 4.38. The van der Waals surface area contributed by atoms with Gasteiger partial charge in [0.25, 0.3) is 0 Å². The summed E-state index contributed by atoms with van der Waals surface area (Å²) in [7, 11) is 1.48. The van der Waals surface area contributed by atoms with Crippen LogP contribution in [0.1, 0.15) is 11.3 Å². The summed E-state index contributed by atoms with van der Waals surface area (Å²) in [4.78, 5) is 28.7. The lowest BCUT2D eigenvalue weighted by Gasteiger charge is -2.06. The predicted octanol–water partition coefficient (Wildman–Crippen LogP) is 0.636. The van der Waals surface area contributed by atoms with Crippen LogP contribution in [0.15, 0.2) is 15.7 Å². The topological polar surface area (TPSA) is 61.8 Å². The molecule has 2 aromatic rings. The molecule has 2 heterocycles. The molecule has 0 aliphatic carbocycles. The highest BCUT2D eigenvalue weighted by Crippen LogP contribution is 2.18. The van der Waals surface area contributed by atoms with E-state index in [0.717, 1.165) is 4.57 Å². The molecule has 104 valence electrons. The summed E-state index contributed by atoms with van der Waals surface area (Å²) in [5.41, 5.74) is 0.166. The van der Waals surface area contributed by atoms with Crippen LogP contribution in [0.4, 0.5) is 0 Å². The molecule has 2 aromatic heterocycles. The maximum absolute atomic E-state index is 12.3. The Hall–Kier alpha value is -2.26. The molecule has 0 fully saturated rings. The summed E-state index contributed by atoms with van der Waals surface area (Å²) in [6.07, 6.45) is 5.20. The van der Waals surface area contributed by atoms with Gasteiger partial charge in [-0.2, -0.15) is 4.57 Å². The van der Waals surface area contributed by atoms with Crippen molar-refractivity contribution >= 4 is 11.6 Å². The van der Waals surface area contributed by atoms with Crippen molar-refractivity contribution < 1.29 is 0 Å². The van der Waals surface area contributed by atoms with Gasteiger partial charge in [0.15, 0.2) is 0 Å². The summed E-state index contributed by atoms with van der Waals surface area (Å²) in [6.45, 7) is 3.46. The van der Waals surface area contributed by atoms with Gasteiger partial charge in [0.1, 0.15) is 12.4 Å². The van der Waals surface area contributed by atoms with E-state index in [0.29, 0.717) is 16.3 Å². The fourth-order valence-corrected chi connectivity index (χ4v) is 2.11. The number of terminal acetylenes is 1. The summed E-state index contributed by atoms with van der Waals surface area (Å²) < 4.78 is 3.34. The molecule has 0 radical (unpaired) electrons. The second-order valence-corrected chi connectivity index (χ2v) is 4.79. The van der Waals surface area contributed by atoms with Crippen LogP contribution in [-0.4, -0.2) is 18.9 Å². The Morgan fingerprint density at radius 3 is 2.60 bits per heavy atom. The minimum Gasteiger partial charge on any atom is -0.245 e. The molecule has 0 spiro atoms. The van der Waals surface area contributed by atoms with Crippen molar-refractivity contribution in [2.75, 3.05) is 0 Å².